The normalized spacial score (nSPS) is 14.3. The molecule has 0 aliphatic heterocycles. The second kappa shape index (κ2) is 8.17. The van der Waals surface area contributed by atoms with Gasteiger partial charge in [0.15, 0.2) is 5.65 Å². The van der Waals surface area contributed by atoms with Crippen LogP contribution in [0.5, 0.6) is 0 Å². The Labute approximate surface area is 200 Å². The highest BCUT2D eigenvalue weighted by Gasteiger charge is 2.50. The number of halogens is 4. The van der Waals surface area contributed by atoms with Gasteiger partial charge in [-0.15, -0.1) is 0 Å². The van der Waals surface area contributed by atoms with E-state index in [0.717, 1.165) is 32.8 Å². The van der Waals surface area contributed by atoms with E-state index in [2.05, 4.69) is 30.9 Å². The second-order valence-electron chi connectivity index (χ2n) is 8.95. The molecule has 1 aliphatic rings. The third-order valence-corrected chi connectivity index (χ3v) is 6.00. The zero-order chi connectivity index (χ0) is 25.8. The van der Waals surface area contributed by atoms with Gasteiger partial charge >= 0.3 is 12.2 Å². The highest BCUT2D eigenvalue weighted by molar-refractivity contribution is 6.00. The van der Waals surface area contributed by atoms with E-state index in [1.54, 1.807) is 10.7 Å². The maximum atomic E-state index is 14.9. The quantitative estimate of drug-likeness (QED) is 0.325. The molecule has 4 N–H and O–H groups in total. The molecule has 0 radical (unpaired) electrons. The van der Waals surface area contributed by atoms with Crippen LogP contribution in [0.25, 0.3) is 22.3 Å². The molecular weight excluding hydrogens is 484 g/mol. The summed E-state index contributed by atoms with van der Waals surface area (Å²) in [5.74, 6) is -0.892. The van der Waals surface area contributed by atoms with E-state index >= 15 is 0 Å². The number of nitrogen functional groups attached to an aromatic ring is 1. The van der Waals surface area contributed by atoms with Gasteiger partial charge in [-0.2, -0.15) is 18.3 Å². The van der Waals surface area contributed by atoms with Crippen molar-refractivity contribution in [3.05, 3.63) is 42.1 Å². The lowest BCUT2D eigenvalue weighted by atomic mass is 9.89. The largest absolute Gasteiger partial charge is 0.399 e. The maximum Gasteiger partial charge on any atom is 0.399 e. The molecule has 3 heterocycles. The van der Waals surface area contributed by atoms with Crippen molar-refractivity contribution in [2.24, 2.45) is 0 Å². The summed E-state index contributed by atoms with van der Waals surface area (Å²) >= 11 is 0. The van der Waals surface area contributed by atoms with Crippen molar-refractivity contribution in [2.75, 3.05) is 16.4 Å². The standard InChI is InChI=1S/C22H20F4N8O2/c1-21(2,22(24,25)26)14-8-15(36-33-14)31-20(35)30-13-6-3-10(7-12(13)23)17-16-18(27)28-9-29-19(16)34(32-17)11-4-5-11/h3,6-9,11H,4-5H2,1-2H3,(H2,27,28,29)(H2,30,31,35). The Morgan fingerprint density at radius 3 is 2.58 bits per heavy atom. The highest BCUT2D eigenvalue weighted by Crippen LogP contribution is 2.41. The molecular formula is C22H20F4N8O2. The average Bonchev–Trinajstić information content (AvgIpc) is 3.39. The number of alkyl halides is 3. The predicted molar refractivity (Wildman–Crippen MR) is 122 cm³/mol. The molecule has 4 aromatic rings. The third-order valence-electron chi connectivity index (χ3n) is 6.00. The molecule has 188 valence electrons. The van der Waals surface area contributed by atoms with Crippen molar-refractivity contribution in [3.63, 3.8) is 0 Å². The maximum absolute atomic E-state index is 14.9. The molecule has 2 amide bonds. The molecule has 1 aromatic carbocycles. The third kappa shape index (κ3) is 4.07. The van der Waals surface area contributed by atoms with Crippen LogP contribution in [0.3, 0.4) is 0 Å². The molecule has 0 atom stereocenters. The van der Waals surface area contributed by atoms with Gasteiger partial charge in [0, 0.05) is 11.6 Å². The number of fused-ring (bicyclic) bond motifs is 1. The first-order valence-electron chi connectivity index (χ1n) is 10.9. The zero-order valence-electron chi connectivity index (χ0n) is 19.0. The minimum absolute atomic E-state index is 0.179. The van der Waals surface area contributed by atoms with Crippen molar-refractivity contribution in [2.45, 2.75) is 44.3 Å². The summed E-state index contributed by atoms with van der Waals surface area (Å²) in [6.45, 7) is 1.87. The molecule has 5 rings (SSSR count). The van der Waals surface area contributed by atoms with Crippen LogP contribution < -0.4 is 16.4 Å². The molecule has 0 spiro atoms. The average molecular weight is 504 g/mol. The van der Waals surface area contributed by atoms with E-state index < -0.39 is 29.1 Å². The molecule has 0 bridgehead atoms. The molecule has 1 fully saturated rings. The summed E-state index contributed by atoms with van der Waals surface area (Å²) in [6.07, 6.45) is -1.33. The van der Waals surface area contributed by atoms with Crippen LogP contribution in [0, 0.1) is 5.82 Å². The molecule has 10 nitrogen and oxygen atoms in total. The van der Waals surface area contributed by atoms with Gasteiger partial charge in [-0.25, -0.2) is 23.8 Å². The molecule has 1 aliphatic carbocycles. The summed E-state index contributed by atoms with van der Waals surface area (Å²) in [6, 6.07) is 4.27. The Balaban J connectivity index is 1.35. The van der Waals surface area contributed by atoms with Gasteiger partial charge in [-0.05, 0) is 38.8 Å². The number of anilines is 3. The topological polar surface area (TPSA) is 137 Å². The van der Waals surface area contributed by atoms with Gasteiger partial charge in [-0.1, -0.05) is 11.2 Å². The van der Waals surface area contributed by atoms with Gasteiger partial charge in [-0.3, -0.25) is 5.32 Å². The van der Waals surface area contributed by atoms with Gasteiger partial charge in [0.25, 0.3) is 0 Å². The number of nitrogens with zero attached hydrogens (tertiary/aromatic N) is 5. The zero-order valence-corrected chi connectivity index (χ0v) is 19.0. The molecule has 0 unspecified atom stereocenters. The molecule has 0 saturated heterocycles. The first-order chi connectivity index (χ1) is 17.0. The van der Waals surface area contributed by atoms with Crippen LogP contribution in [0.2, 0.25) is 0 Å². The Morgan fingerprint density at radius 2 is 1.92 bits per heavy atom. The summed E-state index contributed by atoms with van der Waals surface area (Å²) in [5.41, 5.74) is 4.53. The van der Waals surface area contributed by atoms with Crippen molar-refractivity contribution in [3.8, 4) is 11.3 Å². The Bertz CT molecular complexity index is 1470. The Kier molecular flexibility index (Phi) is 5.34. The number of benzene rings is 1. The van der Waals surface area contributed by atoms with E-state index in [1.807, 2.05) is 0 Å². The van der Waals surface area contributed by atoms with E-state index in [4.69, 9.17) is 10.3 Å². The minimum atomic E-state index is -4.58. The second-order valence-corrected chi connectivity index (χ2v) is 8.95. The summed E-state index contributed by atoms with van der Waals surface area (Å²) < 4.78 is 61.0. The van der Waals surface area contributed by atoms with Crippen LogP contribution >= 0.6 is 0 Å². The number of nitrogens with two attached hydrogens (primary N) is 1. The number of carbonyl (C=O) groups is 1. The van der Waals surface area contributed by atoms with Crippen LogP contribution in [0.1, 0.15) is 38.4 Å². The Hall–Kier alpha value is -4.23. The number of rotatable bonds is 5. The predicted octanol–water partition coefficient (Wildman–Crippen LogP) is 5.02. The van der Waals surface area contributed by atoms with Gasteiger partial charge in [0.2, 0.25) is 5.88 Å². The number of urea groups is 1. The lowest BCUT2D eigenvalue weighted by Crippen LogP contribution is -2.36. The van der Waals surface area contributed by atoms with E-state index in [0.29, 0.717) is 22.3 Å². The fourth-order valence-corrected chi connectivity index (χ4v) is 3.57. The molecule has 36 heavy (non-hydrogen) atoms. The number of hydrogen-bond donors (Lipinski definition) is 3. The molecule has 1 saturated carbocycles. The van der Waals surface area contributed by atoms with Crippen LogP contribution in [-0.4, -0.2) is 37.1 Å². The number of aromatic nitrogens is 5. The molecule has 3 aromatic heterocycles. The van der Waals surface area contributed by atoms with E-state index in [-0.39, 0.29) is 23.4 Å². The van der Waals surface area contributed by atoms with Gasteiger partial charge in [0.1, 0.15) is 34.8 Å². The van der Waals surface area contributed by atoms with Crippen LogP contribution in [0.15, 0.2) is 35.1 Å². The minimum Gasteiger partial charge on any atom is -0.383 e. The first kappa shape index (κ1) is 23.5. The number of hydrogen-bond acceptors (Lipinski definition) is 7. The fraction of sp³-hybridized carbons (Fsp3) is 0.318. The summed E-state index contributed by atoms with van der Waals surface area (Å²) in [7, 11) is 0. The lowest BCUT2D eigenvalue weighted by Gasteiger charge is -2.24. The van der Waals surface area contributed by atoms with Crippen molar-refractivity contribution < 1.29 is 26.9 Å². The SMILES string of the molecule is CC(C)(c1cc(NC(=O)Nc2ccc(-c3nn(C4CC4)c4ncnc(N)c34)cc2F)on1)C(F)(F)F. The van der Waals surface area contributed by atoms with E-state index in [1.165, 1.54) is 18.5 Å². The number of nitrogens with one attached hydrogen (secondary N) is 2. The molecule has 14 heteroatoms. The number of carbonyl (C=O) groups excluding carboxylic acids is 1. The van der Waals surface area contributed by atoms with Crippen molar-refractivity contribution in [1.29, 1.82) is 0 Å². The smallest absolute Gasteiger partial charge is 0.383 e. The first-order valence-corrected chi connectivity index (χ1v) is 10.9. The highest BCUT2D eigenvalue weighted by atomic mass is 19.4. The summed E-state index contributed by atoms with van der Waals surface area (Å²) in [5, 5.41) is 13.0. The van der Waals surface area contributed by atoms with Crippen LogP contribution in [-0.2, 0) is 5.41 Å². The van der Waals surface area contributed by atoms with Crippen molar-refractivity contribution in [1.82, 2.24) is 24.9 Å². The fourth-order valence-electron chi connectivity index (χ4n) is 3.57. The summed E-state index contributed by atoms with van der Waals surface area (Å²) in [4.78, 5) is 20.6. The lowest BCUT2D eigenvalue weighted by molar-refractivity contribution is -0.181. The Morgan fingerprint density at radius 1 is 1.17 bits per heavy atom. The van der Waals surface area contributed by atoms with E-state index in [9.17, 15) is 22.4 Å². The van der Waals surface area contributed by atoms with Crippen molar-refractivity contribution >= 4 is 34.5 Å². The van der Waals surface area contributed by atoms with Gasteiger partial charge in [0.05, 0.1) is 17.1 Å². The monoisotopic (exact) mass is 504 g/mol. The van der Waals surface area contributed by atoms with Crippen LogP contribution in [0.4, 0.5) is 39.7 Å². The van der Waals surface area contributed by atoms with Gasteiger partial charge < -0.3 is 15.6 Å². The number of amides is 2.